The number of para-hydroxylation sites is 1. The van der Waals surface area contributed by atoms with E-state index >= 15 is 0 Å². The van der Waals surface area contributed by atoms with Gasteiger partial charge in [-0.15, -0.1) is 0 Å². The van der Waals surface area contributed by atoms with Crippen molar-refractivity contribution in [2.75, 3.05) is 5.32 Å². The molecule has 2 heterocycles. The summed E-state index contributed by atoms with van der Waals surface area (Å²) in [5.41, 5.74) is 2.91. The molecule has 1 amide bonds. The lowest BCUT2D eigenvalue weighted by atomic mass is 10.0. The first-order valence-electron chi connectivity index (χ1n) is 8.79. The van der Waals surface area contributed by atoms with Gasteiger partial charge in [0.25, 0.3) is 5.91 Å². The molecule has 4 aromatic rings. The van der Waals surface area contributed by atoms with Gasteiger partial charge in [0.05, 0.1) is 16.8 Å². The Kier molecular flexibility index (Phi) is 5.59. The predicted octanol–water partition coefficient (Wildman–Crippen LogP) is 5.19. The minimum absolute atomic E-state index is 0.173. The van der Waals surface area contributed by atoms with Crippen molar-refractivity contribution < 1.29 is 4.79 Å². The van der Waals surface area contributed by atoms with Crippen LogP contribution in [0.3, 0.4) is 0 Å². The van der Waals surface area contributed by atoms with Gasteiger partial charge in [0.15, 0.2) is 5.11 Å². The number of hydrogen-bond donors (Lipinski definition) is 2. The maximum absolute atomic E-state index is 13.0. The quantitative estimate of drug-likeness (QED) is 0.410. The van der Waals surface area contributed by atoms with E-state index in [1.165, 1.54) is 0 Å². The number of thiocarbonyl (C=S) groups is 1. The second-order valence-corrected chi connectivity index (χ2v) is 7.53. The molecular weight excluding hydrogens is 448 g/mol. The van der Waals surface area contributed by atoms with Crippen molar-refractivity contribution in [3.05, 3.63) is 89.0 Å². The van der Waals surface area contributed by atoms with Gasteiger partial charge in [-0.3, -0.25) is 10.1 Å². The Morgan fingerprint density at radius 1 is 0.966 bits per heavy atom. The van der Waals surface area contributed by atoms with Crippen LogP contribution >= 0.6 is 28.1 Å². The van der Waals surface area contributed by atoms with E-state index in [2.05, 4.69) is 31.5 Å². The molecule has 2 aromatic heterocycles. The molecule has 0 atom stereocenters. The van der Waals surface area contributed by atoms with Crippen molar-refractivity contribution in [1.82, 2.24) is 15.3 Å². The standard InChI is InChI=1S/C22H15BrN4OS/c23-15-10-11-20(24-13-15)26-22(29)27-21(28)17-12-19(14-6-2-1-3-7-14)25-18-9-5-4-8-16(17)18/h1-13H,(H2,24,26,27,28,29). The van der Waals surface area contributed by atoms with E-state index < -0.39 is 0 Å². The molecule has 2 N–H and O–H groups in total. The average molecular weight is 463 g/mol. The lowest BCUT2D eigenvalue weighted by Gasteiger charge is -2.12. The largest absolute Gasteiger partial charge is 0.317 e. The number of pyridine rings is 2. The number of nitrogens with zero attached hydrogens (tertiary/aromatic N) is 2. The Labute approximate surface area is 181 Å². The topological polar surface area (TPSA) is 66.9 Å². The fourth-order valence-electron chi connectivity index (χ4n) is 2.89. The zero-order valence-electron chi connectivity index (χ0n) is 15.1. The molecule has 0 bridgehead atoms. The summed E-state index contributed by atoms with van der Waals surface area (Å²) in [4.78, 5) is 21.9. The van der Waals surface area contributed by atoms with Crippen LogP contribution in [0.2, 0.25) is 0 Å². The third-order valence-electron chi connectivity index (χ3n) is 4.23. The van der Waals surface area contributed by atoms with E-state index in [1.54, 1.807) is 18.3 Å². The third-order valence-corrected chi connectivity index (χ3v) is 4.90. The van der Waals surface area contributed by atoms with Crippen LogP contribution in [0.1, 0.15) is 10.4 Å². The highest BCUT2D eigenvalue weighted by Crippen LogP contribution is 2.24. The minimum atomic E-state index is -0.310. The molecule has 0 saturated heterocycles. The summed E-state index contributed by atoms with van der Waals surface area (Å²) in [6.07, 6.45) is 1.65. The Morgan fingerprint density at radius 2 is 1.72 bits per heavy atom. The molecule has 0 fully saturated rings. The van der Waals surface area contributed by atoms with Crippen LogP contribution in [0, 0.1) is 0 Å². The number of aromatic nitrogens is 2. The number of benzene rings is 2. The maximum Gasteiger partial charge on any atom is 0.258 e. The molecule has 4 rings (SSSR count). The van der Waals surface area contributed by atoms with Crippen LogP contribution in [-0.2, 0) is 0 Å². The summed E-state index contributed by atoms with van der Waals surface area (Å²) in [5, 5.41) is 6.58. The van der Waals surface area contributed by atoms with Crippen molar-refractivity contribution in [1.29, 1.82) is 0 Å². The number of rotatable bonds is 3. The molecule has 0 saturated carbocycles. The van der Waals surface area contributed by atoms with E-state index in [0.29, 0.717) is 11.4 Å². The monoisotopic (exact) mass is 462 g/mol. The average Bonchev–Trinajstić information content (AvgIpc) is 2.75. The smallest absolute Gasteiger partial charge is 0.258 e. The lowest BCUT2D eigenvalue weighted by Crippen LogP contribution is -2.34. The van der Waals surface area contributed by atoms with Gasteiger partial charge < -0.3 is 5.32 Å². The number of carbonyl (C=O) groups is 1. The Morgan fingerprint density at radius 3 is 2.48 bits per heavy atom. The van der Waals surface area contributed by atoms with Crippen molar-refractivity contribution >= 4 is 55.9 Å². The Balaban J connectivity index is 1.64. The van der Waals surface area contributed by atoms with Gasteiger partial charge in [-0.1, -0.05) is 48.5 Å². The molecule has 2 aromatic carbocycles. The summed E-state index contributed by atoms with van der Waals surface area (Å²) in [7, 11) is 0. The van der Waals surface area contributed by atoms with Gasteiger partial charge in [-0.25, -0.2) is 9.97 Å². The van der Waals surface area contributed by atoms with Crippen LogP contribution in [0.25, 0.3) is 22.2 Å². The summed E-state index contributed by atoms with van der Waals surface area (Å²) < 4.78 is 0.856. The highest BCUT2D eigenvalue weighted by atomic mass is 79.9. The van der Waals surface area contributed by atoms with Crippen LogP contribution in [0.15, 0.2) is 83.5 Å². The van der Waals surface area contributed by atoms with Gasteiger partial charge in [-0.2, -0.15) is 0 Å². The van der Waals surface area contributed by atoms with Crippen molar-refractivity contribution in [3.8, 4) is 11.3 Å². The van der Waals surface area contributed by atoms with Crippen LogP contribution < -0.4 is 10.6 Å². The van der Waals surface area contributed by atoms with Crippen LogP contribution in [-0.4, -0.2) is 21.0 Å². The molecule has 7 heteroatoms. The van der Waals surface area contributed by atoms with Gasteiger partial charge in [0.1, 0.15) is 5.82 Å². The predicted molar refractivity (Wildman–Crippen MR) is 123 cm³/mol. The highest BCUT2D eigenvalue weighted by Gasteiger charge is 2.15. The summed E-state index contributed by atoms with van der Waals surface area (Å²) >= 11 is 8.62. The molecule has 0 aliphatic heterocycles. The Bertz CT molecular complexity index is 1200. The first-order valence-corrected chi connectivity index (χ1v) is 9.99. The fraction of sp³-hybridized carbons (Fsp3) is 0. The van der Waals surface area contributed by atoms with E-state index in [-0.39, 0.29) is 11.0 Å². The van der Waals surface area contributed by atoms with Gasteiger partial charge in [0.2, 0.25) is 0 Å². The number of amides is 1. The first kappa shape index (κ1) is 19.2. The van der Waals surface area contributed by atoms with E-state index in [1.807, 2.05) is 60.7 Å². The number of hydrogen-bond acceptors (Lipinski definition) is 4. The van der Waals surface area contributed by atoms with Gasteiger partial charge in [0, 0.05) is 21.6 Å². The van der Waals surface area contributed by atoms with E-state index in [4.69, 9.17) is 17.2 Å². The molecule has 0 radical (unpaired) electrons. The molecule has 29 heavy (non-hydrogen) atoms. The van der Waals surface area contributed by atoms with Crippen molar-refractivity contribution in [2.45, 2.75) is 0 Å². The SMILES string of the molecule is O=C(NC(=S)Nc1ccc(Br)cn1)c1cc(-c2ccccc2)nc2ccccc12. The number of anilines is 1. The maximum atomic E-state index is 13.0. The molecule has 5 nitrogen and oxygen atoms in total. The molecular formula is C22H15BrN4OS. The molecule has 0 unspecified atom stereocenters. The summed E-state index contributed by atoms with van der Waals surface area (Å²) in [5.74, 6) is 0.235. The van der Waals surface area contributed by atoms with Crippen molar-refractivity contribution in [3.63, 3.8) is 0 Å². The highest BCUT2D eigenvalue weighted by molar-refractivity contribution is 9.10. The lowest BCUT2D eigenvalue weighted by molar-refractivity contribution is 0.0979. The number of halogens is 1. The molecule has 0 aliphatic carbocycles. The van der Waals surface area contributed by atoms with Gasteiger partial charge in [-0.05, 0) is 52.4 Å². The fourth-order valence-corrected chi connectivity index (χ4v) is 3.32. The first-order chi connectivity index (χ1) is 14.1. The second kappa shape index (κ2) is 8.46. The zero-order valence-corrected chi connectivity index (χ0v) is 17.5. The number of nitrogens with one attached hydrogen (secondary N) is 2. The van der Waals surface area contributed by atoms with E-state index in [0.717, 1.165) is 26.6 Å². The molecule has 0 aliphatic rings. The van der Waals surface area contributed by atoms with E-state index in [9.17, 15) is 4.79 Å². The molecule has 142 valence electrons. The third kappa shape index (κ3) is 4.47. The summed E-state index contributed by atoms with van der Waals surface area (Å²) in [6.45, 7) is 0. The number of carbonyl (C=O) groups excluding carboxylic acids is 1. The van der Waals surface area contributed by atoms with Crippen molar-refractivity contribution in [2.24, 2.45) is 0 Å². The summed E-state index contributed by atoms with van der Waals surface area (Å²) in [6, 6.07) is 22.7. The minimum Gasteiger partial charge on any atom is -0.317 e. The number of fused-ring (bicyclic) bond motifs is 1. The normalized spacial score (nSPS) is 10.5. The zero-order chi connectivity index (χ0) is 20.2. The molecule has 0 spiro atoms. The Hall–Kier alpha value is -3.16. The van der Waals surface area contributed by atoms with Crippen LogP contribution in [0.4, 0.5) is 5.82 Å². The second-order valence-electron chi connectivity index (χ2n) is 6.21. The van der Waals surface area contributed by atoms with Gasteiger partial charge >= 0.3 is 0 Å². The van der Waals surface area contributed by atoms with Crippen LogP contribution in [0.5, 0.6) is 0 Å².